The molecule has 3 rings (SSSR count). The molecular formula is C16H15N3O. The zero-order valence-electron chi connectivity index (χ0n) is 11.5. The lowest BCUT2D eigenvalue weighted by molar-refractivity contribution is 0.101. The summed E-state index contributed by atoms with van der Waals surface area (Å²) >= 11 is 0. The second-order valence-electron chi connectivity index (χ2n) is 4.78. The number of aromatic amines is 1. The molecule has 0 saturated heterocycles. The van der Waals surface area contributed by atoms with Crippen molar-refractivity contribution in [1.29, 1.82) is 0 Å². The van der Waals surface area contributed by atoms with Crippen LogP contribution in [0.15, 0.2) is 36.5 Å². The smallest absolute Gasteiger partial charge is 0.159 e. The fourth-order valence-electron chi connectivity index (χ4n) is 2.27. The second-order valence-corrected chi connectivity index (χ2v) is 4.78. The van der Waals surface area contributed by atoms with Gasteiger partial charge in [0.05, 0.1) is 5.52 Å². The molecule has 0 radical (unpaired) electrons. The third kappa shape index (κ3) is 2.09. The van der Waals surface area contributed by atoms with E-state index in [-0.39, 0.29) is 5.78 Å². The Bertz CT molecular complexity index is 789. The van der Waals surface area contributed by atoms with Crippen LogP contribution in [-0.2, 0) is 6.42 Å². The third-order valence-electron chi connectivity index (χ3n) is 3.42. The maximum Gasteiger partial charge on any atom is 0.159 e. The molecule has 0 fully saturated rings. The van der Waals surface area contributed by atoms with E-state index in [0.717, 1.165) is 34.3 Å². The van der Waals surface area contributed by atoms with Gasteiger partial charge in [0.2, 0.25) is 0 Å². The molecule has 2 aromatic heterocycles. The van der Waals surface area contributed by atoms with E-state index in [0.29, 0.717) is 5.56 Å². The van der Waals surface area contributed by atoms with E-state index in [9.17, 15) is 4.79 Å². The van der Waals surface area contributed by atoms with Gasteiger partial charge in [-0.1, -0.05) is 6.92 Å². The van der Waals surface area contributed by atoms with Crippen molar-refractivity contribution in [2.75, 3.05) is 0 Å². The molecule has 100 valence electrons. The Morgan fingerprint density at radius 2 is 2.10 bits per heavy atom. The van der Waals surface area contributed by atoms with E-state index in [1.54, 1.807) is 13.1 Å². The van der Waals surface area contributed by atoms with Gasteiger partial charge in [0.25, 0.3) is 0 Å². The highest BCUT2D eigenvalue weighted by molar-refractivity contribution is 6.01. The molecule has 0 aliphatic carbocycles. The number of benzene rings is 1. The average molecular weight is 265 g/mol. The van der Waals surface area contributed by atoms with Crippen molar-refractivity contribution in [3.63, 3.8) is 0 Å². The van der Waals surface area contributed by atoms with Crippen LogP contribution in [0, 0.1) is 0 Å². The zero-order valence-corrected chi connectivity index (χ0v) is 11.5. The molecule has 0 aliphatic rings. The van der Waals surface area contributed by atoms with Crippen molar-refractivity contribution in [2.24, 2.45) is 0 Å². The molecule has 4 nitrogen and oxygen atoms in total. The predicted molar refractivity (Wildman–Crippen MR) is 78.7 cm³/mol. The highest BCUT2D eigenvalue weighted by atomic mass is 16.1. The maximum absolute atomic E-state index is 11.5. The summed E-state index contributed by atoms with van der Waals surface area (Å²) in [6.07, 6.45) is 2.68. The minimum absolute atomic E-state index is 0.0584. The summed E-state index contributed by atoms with van der Waals surface area (Å²) in [5.41, 5.74) is 4.54. The Hall–Kier alpha value is -2.49. The fraction of sp³-hybridized carbons (Fsp3) is 0.188. The molecule has 1 aromatic carbocycles. The monoisotopic (exact) mass is 265 g/mol. The summed E-state index contributed by atoms with van der Waals surface area (Å²) < 4.78 is 0. The number of aryl methyl sites for hydroxylation is 1. The third-order valence-corrected chi connectivity index (χ3v) is 3.42. The molecule has 0 bridgehead atoms. The summed E-state index contributed by atoms with van der Waals surface area (Å²) in [6, 6.07) is 9.58. The van der Waals surface area contributed by atoms with Gasteiger partial charge in [0.15, 0.2) is 5.78 Å². The van der Waals surface area contributed by atoms with Crippen molar-refractivity contribution in [3.8, 4) is 11.3 Å². The van der Waals surface area contributed by atoms with E-state index in [2.05, 4.69) is 22.1 Å². The number of pyridine rings is 1. The standard InChI is InChI=1S/C16H15N3O/c1-3-13-8-12(6-7-17-13)16-14-9-11(10(2)20)4-5-15(14)18-19-16/h4-9H,3H2,1-2H3,(H,18,19). The van der Waals surface area contributed by atoms with Gasteiger partial charge in [-0.2, -0.15) is 5.10 Å². The van der Waals surface area contributed by atoms with Crippen molar-refractivity contribution in [1.82, 2.24) is 15.2 Å². The number of Topliss-reactive ketones (excluding diaryl/α,β-unsaturated/α-hetero) is 1. The van der Waals surface area contributed by atoms with Gasteiger partial charge in [-0.3, -0.25) is 14.9 Å². The van der Waals surface area contributed by atoms with Crippen LogP contribution >= 0.6 is 0 Å². The Balaban J connectivity index is 2.20. The van der Waals surface area contributed by atoms with Crippen LogP contribution in [0.25, 0.3) is 22.2 Å². The first-order valence-corrected chi connectivity index (χ1v) is 6.63. The number of aromatic nitrogens is 3. The van der Waals surface area contributed by atoms with Gasteiger partial charge in [0.1, 0.15) is 5.69 Å². The molecule has 0 saturated carbocycles. The van der Waals surface area contributed by atoms with Crippen LogP contribution in [0.1, 0.15) is 29.9 Å². The van der Waals surface area contributed by atoms with E-state index in [1.807, 2.05) is 30.3 Å². The number of H-pyrrole nitrogens is 1. The molecule has 2 heterocycles. The molecule has 0 unspecified atom stereocenters. The van der Waals surface area contributed by atoms with Crippen LogP contribution in [0.5, 0.6) is 0 Å². The summed E-state index contributed by atoms with van der Waals surface area (Å²) in [7, 11) is 0. The largest absolute Gasteiger partial charge is 0.295 e. The number of rotatable bonds is 3. The van der Waals surface area contributed by atoms with Gasteiger partial charge in [-0.25, -0.2) is 0 Å². The van der Waals surface area contributed by atoms with E-state index in [4.69, 9.17) is 0 Å². The number of ketones is 1. The van der Waals surface area contributed by atoms with Crippen LogP contribution in [-0.4, -0.2) is 21.0 Å². The second kappa shape index (κ2) is 4.89. The molecular weight excluding hydrogens is 250 g/mol. The molecule has 3 aromatic rings. The highest BCUT2D eigenvalue weighted by Crippen LogP contribution is 2.27. The van der Waals surface area contributed by atoms with Gasteiger partial charge >= 0.3 is 0 Å². The van der Waals surface area contributed by atoms with Gasteiger partial charge in [-0.15, -0.1) is 0 Å². The minimum Gasteiger partial charge on any atom is -0.295 e. The van der Waals surface area contributed by atoms with Gasteiger partial charge in [-0.05, 0) is 43.7 Å². The van der Waals surface area contributed by atoms with Crippen LogP contribution in [0.4, 0.5) is 0 Å². The lowest BCUT2D eigenvalue weighted by atomic mass is 10.0. The molecule has 20 heavy (non-hydrogen) atoms. The number of hydrogen-bond donors (Lipinski definition) is 1. The Kier molecular flexibility index (Phi) is 3.06. The molecule has 0 atom stereocenters. The Morgan fingerprint density at radius 3 is 2.85 bits per heavy atom. The summed E-state index contributed by atoms with van der Waals surface area (Å²) in [5.74, 6) is 0.0584. The SMILES string of the molecule is CCc1cc(-c2n[nH]c3ccc(C(C)=O)cc23)ccn1. The van der Waals surface area contributed by atoms with E-state index < -0.39 is 0 Å². The first kappa shape index (κ1) is 12.5. The van der Waals surface area contributed by atoms with E-state index in [1.165, 1.54) is 0 Å². The Labute approximate surface area is 116 Å². The number of carbonyl (C=O) groups excluding carboxylic acids is 1. The van der Waals surface area contributed by atoms with Crippen LogP contribution in [0.3, 0.4) is 0 Å². The van der Waals surface area contributed by atoms with Crippen LogP contribution < -0.4 is 0 Å². The predicted octanol–water partition coefficient (Wildman–Crippen LogP) is 3.39. The first-order chi connectivity index (χ1) is 9.69. The molecule has 0 amide bonds. The number of nitrogens with zero attached hydrogens (tertiary/aromatic N) is 2. The topological polar surface area (TPSA) is 58.6 Å². The number of hydrogen-bond acceptors (Lipinski definition) is 3. The molecule has 4 heteroatoms. The summed E-state index contributed by atoms with van der Waals surface area (Å²) in [5, 5.41) is 8.35. The van der Waals surface area contributed by atoms with Crippen molar-refractivity contribution >= 4 is 16.7 Å². The number of fused-ring (bicyclic) bond motifs is 1. The van der Waals surface area contributed by atoms with Crippen molar-refractivity contribution < 1.29 is 4.79 Å². The van der Waals surface area contributed by atoms with Crippen LogP contribution in [0.2, 0.25) is 0 Å². The van der Waals surface area contributed by atoms with Gasteiger partial charge < -0.3 is 0 Å². The van der Waals surface area contributed by atoms with E-state index >= 15 is 0 Å². The van der Waals surface area contributed by atoms with Crippen molar-refractivity contribution in [3.05, 3.63) is 47.8 Å². The zero-order chi connectivity index (χ0) is 14.1. The number of carbonyl (C=O) groups is 1. The summed E-state index contributed by atoms with van der Waals surface area (Å²) in [4.78, 5) is 15.8. The number of nitrogens with one attached hydrogen (secondary N) is 1. The lowest BCUT2D eigenvalue weighted by Crippen LogP contribution is -1.91. The minimum atomic E-state index is 0.0584. The summed E-state index contributed by atoms with van der Waals surface area (Å²) in [6.45, 7) is 3.64. The fourth-order valence-corrected chi connectivity index (χ4v) is 2.27. The maximum atomic E-state index is 11.5. The average Bonchev–Trinajstić information content (AvgIpc) is 2.90. The molecule has 0 spiro atoms. The molecule has 0 aliphatic heterocycles. The molecule has 1 N–H and O–H groups in total. The Morgan fingerprint density at radius 1 is 1.25 bits per heavy atom. The highest BCUT2D eigenvalue weighted by Gasteiger charge is 2.10. The quantitative estimate of drug-likeness (QED) is 0.738. The normalized spacial score (nSPS) is 10.9. The first-order valence-electron chi connectivity index (χ1n) is 6.63. The van der Waals surface area contributed by atoms with Crippen molar-refractivity contribution in [2.45, 2.75) is 20.3 Å². The van der Waals surface area contributed by atoms with Gasteiger partial charge in [0, 0.05) is 28.4 Å². The lowest BCUT2D eigenvalue weighted by Gasteiger charge is -2.01.